The molecule has 0 unspecified atom stereocenters. The van der Waals surface area contributed by atoms with Crippen LogP contribution in [-0.4, -0.2) is 37.7 Å². The van der Waals surface area contributed by atoms with Crippen LogP contribution in [0.4, 0.5) is 4.39 Å². The van der Waals surface area contributed by atoms with Crippen molar-refractivity contribution in [1.82, 2.24) is 9.88 Å². The van der Waals surface area contributed by atoms with Gasteiger partial charge in [-0.05, 0) is 42.3 Å². The summed E-state index contributed by atoms with van der Waals surface area (Å²) in [4.78, 5) is 25.8. The van der Waals surface area contributed by atoms with Gasteiger partial charge in [0.15, 0.2) is 11.5 Å². The van der Waals surface area contributed by atoms with Gasteiger partial charge in [-0.2, -0.15) is 0 Å². The summed E-state index contributed by atoms with van der Waals surface area (Å²) >= 11 is 0. The van der Waals surface area contributed by atoms with Crippen LogP contribution in [0.2, 0.25) is 0 Å². The summed E-state index contributed by atoms with van der Waals surface area (Å²) in [5, 5.41) is 2.93. The monoisotopic (exact) mass is 438 g/mol. The number of hydrogen-bond donors (Lipinski definition) is 1. The Kier molecular flexibility index (Phi) is 5.61. The predicted octanol–water partition coefficient (Wildman–Crippen LogP) is 3.78. The van der Waals surface area contributed by atoms with Crippen LogP contribution in [0.3, 0.4) is 0 Å². The summed E-state index contributed by atoms with van der Waals surface area (Å²) in [6, 6.07) is 7.67. The van der Waals surface area contributed by atoms with Gasteiger partial charge < -0.3 is 18.8 Å². The Hall–Kier alpha value is -3.81. The molecule has 0 saturated heterocycles. The quantitative estimate of drug-likeness (QED) is 0.568. The van der Waals surface area contributed by atoms with Gasteiger partial charge in [-0.1, -0.05) is 6.92 Å². The largest absolute Gasteiger partial charge is 0.493 e. The van der Waals surface area contributed by atoms with Crippen LogP contribution in [0, 0.1) is 5.82 Å². The standard InChI is InChI=1S/C24H23FN2O5/c1-5-8-27-12-16(15-11-14(25)6-7-17(15)27)21-20(23(28)26-24(21)29)13-9-18(30-2)22(32-4)19(10-13)31-3/h6-7,9-12H,5,8H2,1-4H3,(H,26,28,29). The minimum absolute atomic E-state index is 0.161. The van der Waals surface area contributed by atoms with Gasteiger partial charge in [-0.25, -0.2) is 4.39 Å². The van der Waals surface area contributed by atoms with E-state index in [9.17, 15) is 14.0 Å². The zero-order valence-electron chi connectivity index (χ0n) is 18.2. The molecule has 0 atom stereocenters. The Balaban J connectivity index is 2.03. The number of aromatic nitrogens is 1. The number of benzene rings is 2. The number of aryl methyl sites for hydroxylation is 1. The molecule has 0 fully saturated rings. The number of rotatable bonds is 7. The fraction of sp³-hybridized carbons (Fsp3) is 0.250. The lowest BCUT2D eigenvalue weighted by Crippen LogP contribution is -2.22. The highest BCUT2D eigenvalue weighted by atomic mass is 19.1. The summed E-state index contributed by atoms with van der Waals surface area (Å²) in [7, 11) is 4.42. The third kappa shape index (κ3) is 3.37. The molecule has 7 nitrogen and oxygen atoms in total. The molecule has 1 aliphatic heterocycles. The number of hydrogen-bond acceptors (Lipinski definition) is 5. The lowest BCUT2D eigenvalue weighted by Gasteiger charge is -2.14. The number of carbonyl (C=O) groups excluding carboxylic acids is 2. The molecule has 0 saturated carbocycles. The fourth-order valence-electron chi connectivity index (χ4n) is 4.11. The van der Waals surface area contributed by atoms with Gasteiger partial charge in [-0.3, -0.25) is 14.9 Å². The lowest BCUT2D eigenvalue weighted by atomic mass is 9.95. The maximum Gasteiger partial charge on any atom is 0.259 e. The number of nitrogens with one attached hydrogen (secondary N) is 1. The molecule has 0 spiro atoms. The molecule has 1 aliphatic rings. The predicted molar refractivity (Wildman–Crippen MR) is 118 cm³/mol. The third-order valence-electron chi connectivity index (χ3n) is 5.46. The molecular weight excluding hydrogens is 415 g/mol. The Bertz CT molecular complexity index is 1250. The molecular formula is C24H23FN2O5. The van der Waals surface area contributed by atoms with Gasteiger partial charge in [0, 0.05) is 29.2 Å². The van der Waals surface area contributed by atoms with Crippen molar-refractivity contribution in [1.29, 1.82) is 0 Å². The molecule has 0 aliphatic carbocycles. The number of imide groups is 1. The van der Waals surface area contributed by atoms with E-state index in [0.717, 1.165) is 11.9 Å². The number of fused-ring (bicyclic) bond motifs is 1. The second-order valence-corrected chi connectivity index (χ2v) is 7.34. The summed E-state index contributed by atoms with van der Waals surface area (Å²) in [5.74, 6) is -0.453. The number of carbonyl (C=O) groups is 2. The number of ether oxygens (including phenoxy) is 3. The molecule has 8 heteroatoms. The van der Waals surface area contributed by atoms with E-state index in [-0.39, 0.29) is 11.1 Å². The normalized spacial score (nSPS) is 13.7. The van der Waals surface area contributed by atoms with E-state index in [2.05, 4.69) is 5.32 Å². The van der Waals surface area contributed by atoms with Gasteiger partial charge in [0.2, 0.25) is 5.75 Å². The average Bonchev–Trinajstić information content (AvgIpc) is 3.28. The molecule has 1 N–H and O–H groups in total. The van der Waals surface area contributed by atoms with Crippen molar-refractivity contribution < 1.29 is 28.2 Å². The van der Waals surface area contributed by atoms with Gasteiger partial charge in [-0.15, -0.1) is 0 Å². The average molecular weight is 438 g/mol. The Morgan fingerprint density at radius 2 is 1.59 bits per heavy atom. The van der Waals surface area contributed by atoms with Crippen LogP contribution in [0.1, 0.15) is 24.5 Å². The van der Waals surface area contributed by atoms with E-state index < -0.39 is 17.6 Å². The summed E-state index contributed by atoms with van der Waals surface area (Å²) < 4.78 is 32.3. The van der Waals surface area contributed by atoms with Crippen LogP contribution < -0.4 is 19.5 Å². The molecule has 2 aromatic carbocycles. The molecule has 2 amide bonds. The van der Waals surface area contributed by atoms with E-state index in [1.54, 1.807) is 24.4 Å². The lowest BCUT2D eigenvalue weighted by molar-refractivity contribution is -0.122. The van der Waals surface area contributed by atoms with E-state index in [1.807, 2.05) is 11.5 Å². The topological polar surface area (TPSA) is 78.8 Å². The molecule has 2 heterocycles. The molecule has 166 valence electrons. The minimum atomic E-state index is -0.549. The van der Waals surface area contributed by atoms with Crippen LogP contribution in [0.5, 0.6) is 17.2 Å². The second-order valence-electron chi connectivity index (χ2n) is 7.34. The first-order valence-electron chi connectivity index (χ1n) is 10.1. The highest BCUT2D eigenvalue weighted by molar-refractivity contribution is 6.50. The third-order valence-corrected chi connectivity index (χ3v) is 5.46. The molecule has 1 aromatic heterocycles. The highest BCUT2D eigenvalue weighted by Gasteiger charge is 2.35. The Labute approximate surface area is 184 Å². The maximum atomic E-state index is 14.1. The fourth-order valence-corrected chi connectivity index (χ4v) is 4.11. The zero-order chi connectivity index (χ0) is 23.0. The van der Waals surface area contributed by atoms with Crippen LogP contribution in [0.25, 0.3) is 22.0 Å². The molecule has 4 rings (SSSR count). The van der Waals surface area contributed by atoms with Gasteiger partial charge in [0.05, 0.1) is 32.5 Å². The van der Waals surface area contributed by atoms with Crippen molar-refractivity contribution in [3.63, 3.8) is 0 Å². The zero-order valence-corrected chi connectivity index (χ0v) is 18.2. The van der Waals surface area contributed by atoms with Crippen LogP contribution in [0.15, 0.2) is 36.5 Å². The summed E-state index contributed by atoms with van der Waals surface area (Å²) in [6.07, 6.45) is 2.64. The SMILES string of the molecule is CCCn1cc(C2=C(c3cc(OC)c(OC)c(OC)c3)C(=O)NC2=O)c2cc(F)ccc21. The van der Waals surface area contributed by atoms with Gasteiger partial charge in [0.1, 0.15) is 5.82 Å². The van der Waals surface area contributed by atoms with Crippen molar-refractivity contribution in [2.24, 2.45) is 0 Å². The number of methoxy groups -OCH3 is 3. The van der Waals surface area contributed by atoms with Crippen molar-refractivity contribution in [2.75, 3.05) is 21.3 Å². The van der Waals surface area contributed by atoms with Gasteiger partial charge >= 0.3 is 0 Å². The first-order valence-corrected chi connectivity index (χ1v) is 10.1. The first-order chi connectivity index (χ1) is 15.4. The molecule has 0 radical (unpaired) electrons. The van der Waals surface area contributed by atoms with Crippen molar-refractivity contribution in [2.45, 2.75) is 19.9 Å². The molecule has 3 aromatic rings. The van der Waals surface area contributed by atoms with E-state index in [4.69, 9.17) is 14.2 Å². The number of amides is 2. The highest BCUT2D eigenvalue weighted by Crippen LogP contribution is 2.43. The van der Waals surface area contributed by atoms with E-state index >= 15 is 0 Å². The van der Waals surface area contributed by atoms with Gasteiger partial charge in [0.25, 0.3) is 11.8 Å². The van der Waals surface area contributed by atoms with Crippen molar-refractivity contribution in [3.8, 4) is 17.2 Å². The Morgan fingerprint density at radius 1 is 0.938 bits per heavy atom. The van der Waals surface area contributed by atoms with Crippen LogP contribution >= 0.6 is 0 Å². The summed E-state index contributed by atoms with van der Waals surface area (Å²) in [5.41, 5.74) is 2.03. The van der Waals surface area contributed by atoms with Crippen molar-refractivity contribution in [3.05, 3.63) is 53.5 Å². The number of nitrogens with zero attached hydrogens (tertiary/aromatic N) is 1. The van der Waals surface area contributed by atoms with Crippen LogP contribution in [-0.2, 0) is 16.1 Å². The maximum absolute atomic E-state index is 14.1. The van der Waals surface area contributed by atoms with E-state index in [1.165, 1.54) is 33.5 Å². The molecule has 0 bridgehead atoms. The van der Waals surface area contributed by atoms with E-state index in [0.29, 0.717) is 40.3 Å². The van der Waals surface area contributed by atoms with Crippen molar-refractivity contribution >= 4 is 33.9 Å². The smallest absolute Gasteiger partial charge is 0.259 e. The summed E-state index contributed by atoms with van der Waals surface area (Å²) in [6.45, 7) is 2.71. The Morgan fingerprint density at radius 3 is 2.19 bits per heavy atom. The molecule has 32 heavy (non-hydrogen) atoms. The number of halogens is 1. The first kappa shape index (κ1) is 21.4. The second kappa shape index (κ2) is 8.37. The minimum Gasteiger partial charge on any atom is -0.493 e.